The first-order valence-electron chi connectivity index (χ1n) is 9.68. The number of nitrogens with one attached hydrogen (secondary N) is 3. The molecule has 9 heteroatoms. The molecule has 0 bridgehead atoms. The minimum Gasteiger partial charge on any atom is -0.421 e. The van der Waals surface area contributed by atoms with E-state index in [2.05, 4.69) is 52.8 Å². The fourth-order valence-corrected chi connectivity index (χ4v) is 3.50. The molecule has 0 saturated carbocycles. The van der Waals surface area contributed by atoms with E-state index in [0.29, 0.717) is 17.7 Å². The fourth-order valence-electron chi connectivity index (χ4n) is 3.50. The van der Waals surface area contributed by atoms with Crippen LogP contribution in [0.2, 0.25) is 0 Å². The number of piperazine rings is 1. The Morgan fingerprint density at radius 3 is 2.86 bits per heavy atom. The molecule has 1 fully saturated rings. The summed E-state index contributed by atoms with van der Waals surface area (Å²) in [6.45, 7) is 6.91. The molecule has 0 atom stereocenters. The first-order chi connectivity index (χ1) is 14.2. The second-order valence-corrected chi connectivity index (χ2v) is 7.14. The highest BCUT2D eigenvalue weighted by molar-refractivity contribution is 5.82. The van der Waals surface area contributed by atoms with E-state index < -0.39 is 0 Å². The van der Waals surface area contributed by atoms with Crippen molar-refractivity contribution in [2.45, 2.75) is 13.5 Å². The van der Waals surface area contributed by atoms with Gasteiger partial charge in [0.1, 0.15) is 5.82 Å². The predicted octanol–water partition coefficient (Wildman–Crippen LogP) is 2.47. The topological polar surface area (TPSA) is 108 Å². The fraction of sp³-hybridized carbons (Fsp3) is 0.300. The van der Waals surface area contributed by atoms with Gasteiger partial charge in [-0.3, -0.25) is 4.90 Å². The molecule has 3 N–H and O–H groups in total. The Morgan fingerprint density at radius 1 is 1.14 bits per heavy atom. The molecule has 0 unspecified atom stereocenters. The number of hydrogen-bond donors (Lipinski definition) is 3. The third-order valence-corrected chi connectivity index (χ3v) is 4.94. The molecule has 29 heavy (non-hydrogen) atoms. The van der Waals surface area contributed by atoms with Gasteiger partial charge in [-0.15, -0.1) is 10.2 Å². The van der Waals surface area contributed by atoms with Gasteiger partial charge in [0.05, 0.1) is 11.0 Å². The summed E-state index contributed by atoms with van der Waals surface area (Å²) in [6.07, 6.45) is 1.83. The highest BCUT2D eigenvalue weighted by Crippen LogP contribution is 2.24. The number of imidazole rings is 1. The number of nitrogens with zero attached hydrogens (tertiary/aromatic N) is 5. The van der Waals surface area contributed by atoms with Gasteiger partial charge in [0.15, 0.2) is 0 Å². The Morgan fingerprint density at radius 2 is 2.03 bits per heavy atom. The molecule has 1 aliphatic rings. The van der Waals surface area contributed by atoms with Crippen molar-refractivity contribution in [3.63, 3.8) is 0 Å². The number of fused-ring (bicyclic) bond motifs is 1. The molecule has 0 aliphatic carbocycles. The lowest BCUT2D eigenvalue weighted by atomic mass is 10.2. The molecule has 0 spiro atoms. The standard InChI is InChI=1S/C20H22N8O/c1-13-26-27-19(29-13)15-2-3-16-17(11-15)24-20(23-16)25-18-10-14(4-5-22-18)12-28-8-6-21-7-9-28/h2-5,10-11,21H,6-9,12H2,1H3,(H2,22,23,24,25). The Kier molecular flexibility index (Phi) is 4.66. The molecule has 4 heterocycles. The predicted molar refractivity (Wildman–Crippen MR) is 110 cm³/mol. The summed E-state index contributed by atoms with van der Waals surface area (Å²) in [7, 11) is 0. The average molecular weight is 390 g/mol. The summed E-state index contributed by atoms with van der Waals surface area (Å²) in [4.78, 5) is 14.8. The number of hydrogen-bond acceptors (Lipinski definition) is 8. The van der Waals surface area contributed by atoms with Gasteiger partial charge < -0.3 is 20.0 Å². The monoisotopic (exact) mass is 390 g/mol. The number of aryl methyl sites for hydroxylation is 1. The Labute approximate surface area is 167 Å². The molecule has 5 rings (SSSR count). The maximum absolute atomic E-state index is 5.51. The number of benzene rings is 1. The van der Waals surface area contributed by atoms with E-state index in [0.717, 1.165) is 55.1 Å². The van der Waals surface area contributed by atoms with Crippen LogP contribution in [0.1, 0.15) is 11.5 Å². The third-order valence-electron chi connectivity index (χ3n) is 4.94. The smallest absolute Gasteiger partial charge is 0.247 e. The van der Waals surface area contributed by atoms with E-state index in [-0.39, 0.29) is 0 Å². The van der Waals surface area contributed by atoms with Gasteiger partial charge in [-0.05, 0) is 35.9 Å². The molecule has 9 nitrogen and oxygen atoms in total. The van der Waals surface area contributed by atoms with Crippen molar-refractivity contribution in [3.8, 4) is 11.5 Å². The van der Waals surface area contributed by atoms with Crippen molar-refractivity contribution < 1.29 is 4.42 Å². The molecular formula is C20H22N8O. The van der Waals surface area contributed by atoms with Crippen LogP contribution in [-0.4, -0.2) is 56.2 Å². The quantitative estimate of drug-likeness (QED) is 0.477. The summed E-state index contributed by atoms with van der Waals surface area (Å²) in [5, 5.41) is 14.6. The molecule has 0 radical (unpaired) electrons. The molecule has 4 aromatic rings. The lowest BCUT2D eigenvalue weighted by Gasteiger charge is -2.27. The summed E-state index contributed by atoms with van der Waals surface area (Å²) >= 11 is 0. The second-order valence-electron chi connectivity index (χ2n) is 7.14. The Hall–Kier alpha value is -3.30. The van der Waals surface area contributed by atoms with Crippen LogP contribution >= 0.6 is 0 Å². The number of aromatic nitrogens is 5. The van der Waals surface area contributed by atoms with Crippen LogP contribution in [0.3, 0.4) is 0 Å². The lowest BCUT2D eigenvalue weighted by Crippen LogP contribution is -2.42. The number of pyridine rings is 1. The Bertz CT molecular complexity index is 1130. The summed E-state index contributed by atoms with van der Waals surface area (Å²) < 4.78 is 5.51. The van der Waals surface area contributed by atoms with Gasteiger partial charge in [0.25, 0.3) is 0 Å². The van der Waals surface area contributed by atoms with E-state index in [1.807, 2.05) is 24.4 Å². The van der Waals surface area contributed by atoms with Gasteiger partial charge in [0, 0.05) is 51.4 Å². The van der Waals surface area contributed by atoms with Crippen molar-refractivity contribution >= 4 is 22.8 Å². The molecule has 148 valence electrons. The summed E-state index contributed by atoms with van der Waals surface area (Å²) in [6, 6.07) is 9.94. The van der Waals surface area contributed by atoms with Gasteiger partial charge in [0.2, 0.25) is 17.7 Å². The average Bonchev–Trinajstić information content (AvgIpc) is 3.34. The minimum atomic E-state index is 0.496. The van der Waals surface area contributed by atoms with Gasteiger partial charge in [-0.25, -0.2) is 9.97 Å². The minimum absolute atomic E-state index is 0.496. The number of rotatable bonds is 5. The highest BCUT2D eigenvalue weighted by Gasteiger charge is 2.12. The molecule has 3 aromatic heterocycles. The Balaban J connectivity index is 1.34. The van der Waals surface area contributed by atoms with Gasteiger partial charge >= 0.3 is 0 Å². The first-order valence-corrected chi connectivity index (χ1v) is 9.68. The normalized spacial score (nSPS) is 15.1. The number of anilines is 2. The van der Waals surface area contributed by atoms with Crippen LogP contribution < -0.4 is 10.6 Å². The van der Waals surface area contributed by atoms with Crippen LogP contribution in [0.25, 0.3) is 22.5 Å². The number of H-pyrrole nitrogens is 1. The molecule has 1 aromatic carbocycles. The van der Waals surface area contributed by atoms with E-state index in [1.54, 1.807) is 6.92 Å². The van der Waals surface area contributed by atoms with E-state index in [1.165, 1.54) is 5.56 Å². The van der Waals surface area contributed by atoms with Crippen LogP contribution in [0.15, 0.2) is 40.9 Å². The maximum atomic E-state index is 5.51. The summed E-state index contributed by atoms with van der Waals surface area (Å²) in [5.41, 5.74) is 3.82. The lowest BCUT2D eigenvalue weighted by molar-refractivity contribution is 0.233. The van der Waals surface area contributed by atoms with Crippen LogP contribution in [0, 0.1) is 6.92 Å². The number of aromatic amines is 1. The SMILES string of the molecule is Cc1nnc(-c2ccc3nc(Nc4cc(CN5CCNCC5)ccn4)[nH]c3c2)o1. The zero-order chi connectivity index (χ0) is 19.6. The highest BCUT2D eigenvalue weighted by atomic mass is 16.4. The zero-order valence-corrected chi connectivity index (χ0v) is 16.1. The van der Waals surface area contributed by atoms with Gasteiger partial charge in [-0.1, -0.05) is 0 Å². The first kappa shape index (κ1) is 17.8. The second kappa shape index (κ2) is 7.61. The third kappa shape index (κ3) is 3.96. The van der Waals surface area contributed by atoms with Gasteiger partial charge in [-0.2, -0.15) is 0 Å². The van der Waals surface area contributed by atoms with Crippen LogP contribution in [0.5, 0.6) is 0 Å². The zero-order valence-electron chi connectivity index (χ0n) is 16.1. The van der Waals surface area contributed by atoms with Crippen molar-refractivity contribution in [2.24, 2.45) is 0 Å². The van der Waals surface area contributed by atoms with E-state index in [4.69, 9.17) is 4.42 Å². The molecular weight excluding hydrogens is 368 g/mol. The van der Waals surface area contributed by atoms with Crippen molar-refractivity contribution in [2.75, 3.05) is 31.5 Å². The van der Waals surface area contributed by atoms with Crippen molar-refractivity contribution in [1.29, 1.82) is 0 Å². The molecule has 0 amide bonds. The van der Waals surface area contributed by atoms with E-state index >= 15 is 0 Å². The van der Waals surface area contributed by atoms with Crippen LogP contribution in [0.4, 0.5) is 11.8 Å². The molecule has 1 aliphatic heterocycles. The largest absolute Gasteiger partial charge is 0.421 e. The van der Waals surface area contributed by atoms with E-state index in [9.17, 15) is 0 Å². The molecule has 1 saturated heterocycles. The maximum Gasteiger partial charge on any atom is 0.247 e. The van der Waals surface area contributed by atoms with Crippen molar-refractivity contribution in [3.05, 3.63) is 48.0 Å². The van der Waals surface area contributed by atoms with Crippen LogP contribution in [-0.2, 0) is 6.54 Å². The van der Waals surface area contributed by atoms with Crippen molar-refractivity contribution in [1.82, 2.24) is 35.4 Å². The summed E-state index contributed by atoms with van der Waals surface area (Å²) in [5.74, 6) is 2.45.